The van der Waals surface area contributed by atoms with Gasteiger partial charge in [0.25, 0.3) is 5.91 Å². The quantitative estimate of drug-likeness (QED) is 0.400. The number of methoxy groups -OCH3 is 2. The third-order valence-corrected chi connectivity index (χ3v) is 6.34. The van der Waals surface area contributed by atoms with Crippen molar-refractivity contribution in [2.24, 2.45) is 0 Å². The van der Waals surface area contributed by atoms with Crippen molar-refractivity contribution in [1.29, 1.82) is 5.26 Å². The Balaban J connectivity index is 1.55. The Morgan fingerprint density at radius 1 is 1.20 bits per heavy atom. The topological polar surface area (TPSA) is 107 Å². The number of aromatic amines is 1. The molecule has 9 nitrogen and oxygen atoms in total. The number of piperazine rings is 1. The van der Waals surface area contributed by atoms with Gasteiger partial charge in [0.2, 0.25) is 0 Å². The summed E-state index contributed by atoms with van der Waals surface area (Å²) in [6.45, 7) is 5.70. The van der Waals surface area contributed by atoms with Gasteiger partial charge in [-0.15, -0.1) is 0 Å². The van der Waals surface area contributed by atoms with Gasteiger partial charge in [-0.2, -0.15) is 5.26 Å². The lowest BCUT2D eigenvalue weighted by molar-refractivity contribution is -0.117. The zero-order valence-electron chi connectivity index (χ0n) is 20.5. The number of amides is 1. The van der Waals surface area contributed by atoms with E-state index in [0.717, 1.165) is 48.4 Å². The minimum atomic E-state index is -0.452. The number of hydrogen-bond acceptors (Lipinski definition) is 7. The van der Waals surface area contributed by atoms with Crippen molar-refractivity contribution in [3.8, 4) is 17.6 Å². The van der Waals surface area contributed by atoms with Crippen LogP contribution in [0.25, 0.3) is 17.1 Å². The Morgan fingerprint density at radius 2 is 1.94 bits per heavy atom. The number of H-pyrrole nitrogens is 1. The van der Waals surface area contributed by atoms with E-state index in [9.17, 15) is 10.1 Å². The van der Waals surface area contributed by atoms with Gasteiger partial charge in [-0.1, -0.05) is 6.07 Å². The maximum Gasteiger partial charge on any atom is 0.262 e. The average molecular weight is 475 g/mol. The van der Waals surface area contributed by atoms with Crippen LogP contribution in [0.5, 0.6) is 11.5 Å². The van der Waals surface area contributed by atoms with Gasteiger partial charge in [0.05, 0.1) is 32.1 Å². The SMILES string of the molecule is COc1ccc([C@@H](C)NC(=O)/C(C#N)=C/c2c[nH]c3ncc(N4CCN(C)CC4)cc23)cc1OC. The number of carbonyl (C=O) groups excluding carboxylic acids is 1. The number of pyridine rings is 1. The summed E-state index contributed by atoms with van der Waals surface area (Å²) in [5.74, 6) is 0.730. The number of aromatic nitrogens is 2. The summed E-state index contributed by atoms with van der Waals surface area (Å²) in [5, 5.41) is 13.5. The number of nitrogens with one attached hydrogen (secondary N) is 2. The highest BCUT2D eigenvalue weighted by atomic mass is 16.5. The molecule has 1 aliphatic heterocycles. The molecule has 0 spiro atoms. The Morgan fingerprint density at radius 3 is 2.63 bits per heavy atom. The van der Waals surface area contributed by atoms with Crippen LogP contribution in [0.15, 0.2) is 42.2 Å². The van der Waals surface area contributed by atoms with Crippen LogP contribution >= 0.6 is 0 Å². The van der Waals surface area contributed by atoms with E-state index in [0.29, 0.717) is 17.1 Å². The van der Waals surface area contributed by atoms with Gasteiger partial charge in [0, 0.05) is 43.3 Å². The number of hydrogen-bond donors (Lipinski definition) is 2. The number of likely N-dealkylation sites (N-methyl/N-ethyl adjacent to an activating group) is 1. The lowest BCUT2D eigenvalue weighted by atomic mass is 10.1. The van der Waals surface area contributed by atoms with Crippen molar-refractivity contribution in [2.45, 2.75) is 13.0 Å². The third kappa shape index (κ3) is 5.23. The van der Waals surface area contributed by atoms with Crippen LogP contribution in [0, 0.1) is 11.3 Å². The molecule has 3 aromatic rings. The van der Waals surface area contributed by atoms with Crippen LogP contribution in [-0.4, -0.2) is 68.2 Å². The molecule has 1 aromatic carbocycles. The van der Waals surface area contributed by atoms with Crippen LogP contribution < -0.4 is 19.7 Å². The first-order valence-electron chi connectivity index (χ1n) is 11.5. The molecular formula is C26H30N6O3. The van der Waals surface area contributed by atoms with Gasteiger partial charge in [-0.3, -0.25) is 4.79 Å². The van der Waals surface area contributed by atoms with Gasteiger partial charge in [-0.05, 0) is 43.8 Å². The van der Waals surface area contributed by atoms with Crippen LogP contribution in [0.2, 0.25) is 0 Å². The van der Waals surface area contributed by atoms with Crippen molar-refractivity contribution in [3.05, 3.63) is 53.4 Å². The lowest BCUT2D eigenvalue weighted by Crippen LogP contribution is -2.44. The Bertz CT molecular complexity index is 1280. The molecule has 1 saturated heterocycles. The third-order valence-electron chi connectivity index (χ3n) is 6.34. The fourth-order valence-electron chi connectivity index (χ4n) is 4.15. The normalized spacial score (nSPS) is 15.5. The summed E-state index contributed by atoms with van der Waals surface area (Å²) in [6.07, 6.45) is 5.24. The highest BCUT2D eigenvalue weighted by Crippen LogP contribution is 2.30. The van der Waals surface area contributed by atoms with E-state index in [1.807, 2.05) is 31.3 Å². The zero-order chi connectivity index (χ0) is 24.9. The fourth-order valence-corrected chi connectivity index (χ4v) is 4.15. The largest absolute Gasteiger partial charge is 0.493 e. The van der Waals surface area contributed by atoms with E-state index < -0.39 is 5.91 Å². The second kappa shape index (κ2) is 10.5. The van der Waals surface area contributed by atoms with Gasteiger partial charge in [0.15, 0.2) is 11.5 Å². The minimum Gasteiger partial charge on any atom is -0.493 e. The first-order chi connectivity index (χ1) is 16.9. The second-order valence-corrected chi connectivity index (χ2v) is 8.60. The van der Waals surface area contributed by atoms with Gasteiger partial charge in [0.1, 0.15) is 17.3 Å². The predicted octanol–water partition coefficient (Wildman–Crippen LogP) is 3.12. The molecule has 9 heteroatoms. The minimum absolute atomic E-state index is 0.0169. The summed E-state index contributed by atoms with van der Waals surface area (Å²) >= 11 is 0. The molecule has 4 rings (SSSR count). The Hall–Kier alpha value is -4.03. The molecular weight excluding hydrogens is 444 g/mol. The smallest absolute Gasteiger partial charge is 0.262 e. The molecule has 1 atom stereocenters. The maximum absolute atomic E-state index is 12.9. The first kappa shape index (κ1) is 24.1. The van der Waals surface area contributed by atoms with Crippen molar-refractivity contribution >= 4 is 28.7 Å². The van der Waals surface area contributed by atoms with Crippen molar-refractivity contribution in [2.75, 3.05) is 52.3 Å². The molecule has 3 heterocycles. The molecule has 2 N–H and O–H groups in total. The van der Waals surface area contributed by atoms with Gasteiger partial charge in [-0.25, -0.2) is 4.98 Å². The average Bonchev–Trinajstić information content (AvgIpc) is 3.28. The molecule has 0 saturated carbocycles. The van der Waals surface area contributed by atoms with Gasteiger partial charge >= 0.3 is 0 Å². The fraction of sp³-hybridized carbons (Fsp3) is 0.346. The first-order valence-corrected chi connectivity index (χ1v) is 11.5. The van der Waals surface area contributed by atoms with E-state index in [-0.39, 0.29) is 11.6 Å². The number of ether oxygens (including phenoxy) is 2. The molecule has 1 amide bonds. The lowest BCUT2D eigenvalue weighted by Gasteiger charge is -2.33. The second-order valence-electron chi connectivity index (χ2n) is 8.60. The van der Waals surface area contributed by atoms with E-state index in [1.165, 1.54) is 0 Å². The number of fused-ring (bicyclic) bond motifs is 1. The van der Waals surface area contributed by atoms with Crippen molar-refractivity contribution in [3.63, 3.8) is 0 Å². The maximum atomic E-state index is 12.9. The van der Waals surface area contributed by atoms with E-state index in [1.54, 1.807) is 32.6 Å². The molecule has 1 aliphatic rings. The molecule has 2 aromatic heterocycles. The summed E-state index contributed by atoms with van der Waals surface area (Å²) in [7, 11) is 5.25. The zero-order valence-corrected chi connectivity index (χ0v) is 20.5. The predicted molar refractivity (Wildman–Crippen MR) is 135 cm³/mol. The van der Waals surface area contributed by atoms with E-state index >= 15 is 0 Å². The van der Waals surface area contributed by atoms with Crippen LogP contribution in [0.3, 0.4) is 0 Å². The number of rotatable bonds is 7. The molecule has 0 aliphatic carbocycles. The molecule has 0 radical (unpaired) electrons. The molecule has 0 unspecified atom stereocenters. The summed E-state index contributed by atoms with van der Waals surface area (Å²) in [6, 6.07) is 9.21. The van der Waals surface area contributed by atoms with Crippen LogP contribution in [0.4, 0.5) is 5.69 Å². The summed E-state index contributed by atoms with van der Waals surface area (Å²) in [5.41, 5.74) is 3.34. The van der Waals surface area contributed by atoms with Crippen LogP contribution in [-0.2, 0) is 4.79 Å². The summed E-state index contributed by atoms with van der Waals surface area (Å²) < 4.78 is 10.6. The standard InChI is InChI=1S/C26H30N6O3/c1-17(18-5-6-23(34-3)24(12-18)35-4)30-26(33)19(14-27)11-20-15-28-25-22(20)13-21(16-29-25)32-9-7-31(2)8-10-32/h5-6,11-13,15-17H,7-10H2,1-4H3,(H,28,29)(H,30,33)/b19-11+/t17-/m1/s1. The van der Waals surface area contributed by atoms with Crippen molar-refractivity contribution in [1.82, 2.24) is 20.2 Å². The Kier molecular flexibility index (Phi) is 7.22. The molecule has 1 fully saturated rings. The van der Waals surface area contributed by atoms with Crippen LogP contribution in [0.1, 0.15) is 24.1 Å². The monoisotopic (exact) mass is 474 g/mol. The molecule has 35 heavy (non-hydrogen) atoms. The summed E-state index contributed by atoms with van der Waals surface area (Å²) in [4.78, 5) is 25.2. The molecule has 0 bridgehead atoms. The van der Waals surface area contributed by atoms with Gasteiger partial charge < -0.3 is 29.6 Å². The van der Waals surface area contributed by atoms with E-state index in [4.69, 9.17) is 9.47 Å². The highest BCUT2D eigenvalue weighted by molar-refractivity contribution is 6.04. The Labute approximate surface area is 204 Å². The number of benzene rings is 1. The highest BCUT2D eigenvalue weighted by Gasteiger charge is 2.18. The van der Waals surface area contributed by atoms with Crippen molar-refractivity contribution < 1.29 is 14.3 Å². The number of nitriles is 1. The number of anilines is 1. The molecule has 182 valence electrons. The number of nitrogens with zero attached hydrogens (tertiary/aromatic N) is 4. The van der Waals surface area contributed by atoms with E-state index in [2.05, 4.69) is 38.2 Å². The number of carbonyl (C=O) groups is 1.